The van der Waals surface area contributed by atoms with Gasteiger partial charge in [-0.3, -0.25) is 14.6 Å². The van der Waals surface area contributed by atoms with Crippen LogP contribution in [0, 0.1) is 0 Å². The standard InChI is InChI=1S/C19H16ClN3O2/c1-21-19(25)13-5-6-14-10-22-11-17(16(14)9-13)23-18(24)8-12-3-2-4-15(20)7-12/h2-7,9-11H,8H2,1H3,(H,21,25)(H,23,24). The summed E-state index contributed by atoms with van der Waals surface area (Å²) >= 11 is 5.95. The van der Waals surface area contributed by atoms with Gasteiger partial charge >= 0.3 is 0 Å². The second kappa shape index (κ2) is 7.32. The van der Waals surface area contributed by atoms with E-state index in [-0.39, 0.29) is 18.2 Å². The van der Waals surface area contributed by atoms with E-state index in [2.05, 4.69) is 15.6 Å². The summed E-state index contributed by atoms with van der Waals surface area (Å²) in [5, 5.41) is 7.64. The number of benzene rings is 2. The molecule has 2 N–H and O–H groups in total. The Balaban J connectivity index is 1.87. The fourth-order valence-electron chi connectivity index (χ4n) is 2.58. The van der Waals surface area contributed by atoms with Gasteiger partial charge < -0.3 is 10.6 Å². The number of hydrogen-bond acceptors (Lipinski definition) is 3. The summed E-state index contributed by atoms with van der Waals surface area (Å²) < 4.78 is 0. The van der Waals surface area contributed by atoms with Crippen LogP contribution < -0.4 is 10.6 Å². The van der Waals surface area contributed by atoms with Gasteiger partial charge in [-0.1, -0.05) is 29.8 Å². The third-order valence-corrected chi connectivity index (χ3v) is 4.01. The van der Waals surface area contributed by atoms with Crippen molar-refractivity contribution >= 4 is 39.9 Å². The molecule has 0 saturated carbocycles. The van der Waals surface area contributed by atoms with Crippen molar-refractivity contribution in [2.75, 3.05) is 12.4 Å². The van der Waals surface area contributed by atoms with Crippen LogP contribution in [-0.2, 0) is 11.2 Å². The van der Waals surface area contributed by atoms with Crippen molar-refractivity contribution in [3.63, 3.8) is 0 Å². The molecule has 6 heteroatoms. The molecule has 0 unspecified atom stereocenters. The smallest absolute Gasteiger partial charge is 0.251 e. The minimum Gasteiger partial charge on any atom is -0.355 e. The quantitative estimate of drug-likeness (QED) is 0.754. The van der Waals surface area contributed by atoms with E-state index in [0.717, 1.165) is 16.3 Å². The number of fused-ring (bicyclic) bond motifs is 1. The maximum atomic E-state index is 12.4. The van der Waals surface area contributed by atoms with Gasteiger partial charge in [0.25, 0.3) is 5.91 Å². The van der Waals surface area contributed by atoms with Crippen LogP contribution in [0.4, 0.5) is 5.69 Å². The fourth-order valence-corrected chi connectivity index (χ4v) is 2.79. The molecule has 0 atom stereocenters. The Morgan fingerprint density at radius 3 is 2.72 bits per heavy atom. The van der Waals surface area contributed by atoms with Crippen molar-refractivity contribution in [1.82, 2.24) is 10.3 Å². The molecular formula is C19H16ClN3O2. The number of rotatable bonds is 4. The summed E-state index contributed by atoms with van der Waals surface area (Å²) in [4.78, 5) is 28.3. The number of amides is 2. The van der Waals surface area contributed by atoms with E-state index in [1.807, 2.05) is 6.07 Å². The first-order valence-corrected chi connectivity index (χ1v) is 8.09. The van der Waals surface area contributed by atoms with E-state index < -0.39 is 0 Å². The van der Waals surface area contributed by atoms with Crippen molar-refractivity contribution in [2.24, 2.45) is 0 Å². The fraction of sp³-hybridized carbons (Fsp3) is 0.105. The first kappa shape index (κ1) is 16.9. The molecule has 0 aliphatic heterocycles. The molecule has 1 aromatic heterocycles. The molecule has 126 valence electrons. The molecule has 1 heterocycles. The van der Waals surface area contributed by atoms with Crippen LogP contribution >= 0.6 is 11.6 Å². The first-order valence-electron chi connectivity index (χ1n) is 7.71. The zero-order chi connectivity index (χ0) is 17.8. The van der Waals surface area contributed by atoms with Crippen LogP contribution in [-0.4, -0.2) is 23.8 Å². The zero-order valence-electron chi connectivity index (χ0n) is 13.5. The molecular weight excluding hydrogens is 338 g/mol. The molecule has 0 aliphatic carbocycles. The van der Waals surface area contributed by atoms with Crippen LogP contribution in [0.3, 0.4) is 0 Å². The monoisotopic (exact) mass is 353 g/mol. The summed E-state index contributed by atoms with van der Waals surface area (Å²) in [5.41, 5.74) is 1.91. The van der Waals surface area contributed by atoms with Crippen LogP contribution in [0.2, 0.25) is 5.02 Å². The second-order valence-corrected chi connectivity index (χ2v) is 5.99. The van der Waals surface area contributed by atoms with Crippen molar-refractivity contribution in [3.8, 4) is 0 Å². The minimum absolute atomic E-state index is 0.179. The van der Waals surface area contributed by atoms with Gasteiger partial charge in [0.15, 0.2) is 0 Å². The first-order chi connectivity index (χ1) is 12.1. The van der Waals surface area contributed by atoms with E-state index >= 15 is 0 Å². The van der Waals surface area contributed by atoms with E-state index in [1.54, 1.807) is 55.8 Å². The number of nitrogens with one attached hydrogen (secondary N) is 2. The number of pyridine rings is 1. The molecule has 0 bridgehead atoms. The number of nitrogens with zero attached hydrogens (tertiary/aromatic N) is 1. The summed E-state index contributed by atoms with van der Waals surface area (Å²) in [5.74, 6) is -0.364. The molecule has 3 aromatic rings. The molecule has 0 aliphatic rings. The van der Waals surface area contributed by atoms with Gasteiger partial charge in [-0.15, -0.1) is 0 Å². The molecule has 0 saturated heterocycles. The Labute approximate surface area is 150 Å². The Kier molecular flexibility index (Phi) is 4.95. The topological polar surface area (TPSA) is 71.1 Å². The maximum absolute atomic E-state index is 12.4. The Morgan fingerprint density at radius 1 is 1.12 bits per heavy atom. The number of aromatic nitrogens is 1. The largest absolute Gasteiger partial charge is 0.355 e. The van der Waals surface area contributed by atoms with Crippen molar-refractivity contribution in [1.29, 1.82) is 0 Å². The lowest BCUT2D eigenvalue weighted by molar-refractivity contribution is -0.115. The summed E-state index contributed by atoms with van der Waals surface area (Å²) in [6.45, 7) is 0. The van der Waals surface area contributed by atoms with Crippen LogP contribution in [0.25, 0.3) is 10.8 Å². The van der Waals surface area contributed by atoms with Crippen LogP contribution in [0.1, 0.15) is 15.9 Å². The number of halogens is 1. The third kappa shape index (κ3) is 3.95. The lowest BCUT2D eigenvalue weighted by Gasteiger charge is -2.10. The Bertz CT molecular complexity index is 956. The predicted molar refractivity (Wildman–Crippen MR) is 98.9 cm³/mol. The van der Waals surface area contributed by atoms with E-state index in [9.17, 15) is 9.59 Å². The van der Waals surface area contributed by atoms with E-state index in [1.165, 1.54) is 0 Å². The Morgan fingerprint density at radius 2 is 1.96 bits per heavy atom. The third-order valence-electron chi connectivity index (χ3n) is 3.78. The summed E-state index contributed by atoms with van der Waals surface area (Å²) in [6.07, 6.45) is 3.47. The summed E-state index contributed by atoms with van der Waals surface area (Å²) in [6, 6.07) is 12.4. The number of hydrogen-bond donors (Lipinski definition) is 2. The predicted octanol–water partition coefficient (Wildman–Crippen LogP) is 3.43. The van der Waals surface area contributed by atoms with Crippen LogP contribution in [0.15, 0.2) is 54.9 Å². The molecule has 0 fully saturated rings. The van der Waals surface area contributed by atoms with E-state index in [4.69, 9.17) is 11.6 Å². The highest BCUT2D eigenvalue weighted by molar-refractivity contribution is 6.30. The normalized spacial score (nSPS) is 10.5. The highest BCUT2D eigenvalue weighted by Crippen LogP contribution is 2.24. The number of carbonyl (C=O) groups excluding carboxylic acids is 2. The molecule has 3 rings (SSSR count). The average Bonchev–Trinajstić information content (AvgIpc) is 2.61. The van der Waals surface area contributed by atoms with Crippen molar-refractivity contribution in [3.05, 3.63) is 71.0 Å². The second-order valence-electron chi connectivity index (χ2n) is 5.56. The van der Waals surface area contributed by atoms with Gasteiger partial charge in [0, 0.05) is 34.6 Å². The molecule has 25 heavy (non-hydrogen) atoms. The van der Waals surface area contributed by atoms with Gasteiger partial charge in [-0.05, 0) is 29.8 Å². The molecule has 2 aromatic carbocycles. The number of carbonyl (C=O) groups is 2. The van der Waals surface area contributed by atoms with Gasteiger partial charge in [-0.2, -0.15) is 0 Å². The molecule has 5 nitrogen and oxygen atoms in total. The minimum atomic E-state index is -0.185. The highest BCUT2D eigenvalue weighted by Gasteiger charge is 2.10. The van der Waals surface area contributed by atoms with Gasteiger partial charge in [0.2, 0.25) is 5.91 Å². The molecule has 0 spiro atoms. The number of anilines is 1. The van der Waals surface area contributed by atoms with Gasteiger partial charge in [0.05, 0.1) is 18.3 Å². The maximum Gasteiger partial charge on any atom is 0.251 e. The zero-order valence-corrected chi connectivity index (χ0v) is 14.3. The van der Waals surface area contributed by atoms with E-state index in [0.29, 0.717) is 16.3 Å². The average molecular weight is 354 g/mol. The molecule has 0 radical (unpaired) electrons. The van der Waals surface area contributed by atoms with Gasteiger partial charge in [-0.25, -0.2) is 0 Å². The van der Waals surface area contributed by atoms with Crippen LogP contribution in [0.5, 0.6) is 0 Å². The SMILES string of the molecule is CNC(=O)c1ccc2cncc(NC(=O)Cc3cccc(Cl)c3)c2c1. The lowest BCUT2D eigenvalue weighted by atomic mass is 10.1. The Hall–Kier alpha value is -2.92. The van der Waals surface area contributed by atoms with Crippen molar-refractivity contribution < 1.29 is 9.59 Å². The van der Waals surface area contributed by atoms with Crippen molar-refractivity contribution in [2.45, 2.75) is 6.42 Å². The lowest BCUT2D eigenvalue weighted by Crippen LogP contribution is -2.18. The van der Waals surface area contributed by atoms with Gasteiger partial charge in [0.1, 0.15) is 0 Å². The molecule has 2 amide bonds. The summed E-state index contributed by atoms with van der Waals surface area (Å²) in [7, 11) is 1.58. The highest BCUT2D eigenvalue weighted by atomic mass is 35.5.